The smallest absolute Gasteiger partial charge is 0.321 e. The first kappa shape index (κ1) is 13.7. The minimum atomic E-state index is -0.654. The number of halogens is 1. The van der Waals surface area contributed by atoms with Gasteiger partial charge < -0.3 is 11.1 Å². The van der Waals surface area contributed by atoms with E-state index in [4.69, 9.17) is 17.3 Å². The Bertz CT molecular complexity index is 258. The Labute approximate surface area is 92.5 Å². The summed E-state index contributed by atoms with van der Waals surface area (Å²) in [6, 6.07) is -1.06. The second-order valence-electron chi connectivity index (χ2n) is 3.03. The van der Waals surface area contributed by atoms with Gasteiger partial charge in [0, 0.05) is 24.8 Å². The summed E-state index contributed by atoms with van der Waals surface area (Å²) in [5.74, 6) is -0.834. The first-order chi connectivity index (χ1) is 6.95. The van der Waals surface area contributed by atoms with Crippen LogP contribution >= 0.6 is 11.6 Å². The zero-order chi connectivity index (χ0) is 11.8. The van der Waals surface area contributed by atoms with E-state index >= 15 is 0 Å². The van der Waals surface area contributed by atoms with Gasteiger partial charge in [0.1, 0.15) is 0 Å². The first-order valence-electron chi connectivity index (χ1n) is 4.40. The van der Waals surface area contributed by atoms with Gasteiger partial charge in [-0.25, -0.2) is 4.79 Å². The molecular weight excluding hydrogens is 222 g/mol. The topological polar surface area (TPSA) is 101 Å². The van der Waals surface area contributed by atoms with E-state index in [1.165, 1.54) is 0 Å². The lowest BCUT2D eigenvalue weighted by Gasteiger charge is -2.11. The van der Waals surface area contributed by atoms with Gasteiger partial charge in [0.25, 0.3) is 0 Å². The third-order valence-electron chi connectivity index (χ3n) is 1.46. The summed E-state index contributed by atoms with van der Waals surface area (Å²) in [5.41, 5.74) is 4.92. The second kappa shape index (κ2) is 7.05. The van der Waals surface area contributed by atoms with Crippen LogP contribution in [0.25, 0.3) is 0 Å². The number of hydrogen-bond donors (Lipinski definition) is 3. The number of carbonyl (C=O) groups is 3. The molecule has 0 spiro atoms. The van der Waals surface area contributed by atoms with Crippen LogP contribution < -0.4 is 16.4 Å². The Morgan fingerprint density at radius 2 is 2.00 bits per heavy atom. The molecule has 0 aliphatic heterocycles. The van der Waals surface area contributed by atoms with Gasteiger partial charge in [-0.15, -0.1) is 11.6 Å². The molecule has 0 fully saturated rings. The minimum absolute atomic E-state index is 0.0249. The van der Waals surface area contributed by atoms with Crippen molar-refractivity contribution in [3.05, 3.63) is 0 Å². The number of nitrogens with one attached hydrogen (secondary N) is 2. The van der Waals surface area contributed by atoms with E-state index in [1.807, 2.05) is 0 Å². The lowest BCUT2D eigenvalue weighted by Crippen LogP contribution is -2.44. The maximum absolute atomic E-state index is 11.1. The summed E-state index contributed by atoms with van der Waals surface area (Å²) < 4.78 is 0. The zero-order valence-corrected chi connectivity index (χ0v) is 9.13. The van der Waals surface area contributed by atoms with Gasteiger partial charge in [0.05, 0.1) is 0 Å². The molecule has 0 aliphatic carbocycles. The van der Waals surface area contributed by atoms with Gasteiger partial charge in [-0.05, 0) is 6.92 Å². The van der Waals surface area contributed by atoms with E-state index in [1.54, 1.807) is 6.92 Å². The Balaban J connectivity index is 3.82. The maximum atomic E-state index is 11.1. The van der Waals surface area contributed by atoms with E-state index in [0.717, 1.165) is 0 Å². The van der Waals surface area contributed by atoms with Crippen LogP contribution in [0.5, 0.6) is 0 Å². The van der Waals surface area contributed by atoms with Crippen LogP contribution in [0.4, 0.5) is 4.79 Å². The number of hydrogen-bond acceptors (Lipinski definition) is 3. The fraction of sp³-hybridized carbons (Fsp3) is 0.625. The molecule has 0 bridgehead atoms. The molecule has 4 amide bonds. The fourth-order valence-electron chi connectivity index (χ4n) is 0.888. The van der Waals surface area contributed by atoms with Gasteiger partial charge in [-0.2, -0.15) is 0 Å². The highest BCUT2D eigenvalue weighted by Crippen LogP contribution is 1.89. The average Bonchev–Trinajstić information content (AvgIpc) is 2.00. The molecule has 0 aromatic carbocycles. The highest BCUT2D eigenvalue weighted by molar-refractivity contribution is 6.19. The summed E-state index contributed by atoms with van der Waals surface area (Å²) >= 11 is 5.30. The van der Waals surface area contributed by atoms with Crippen LogP contribution in [0.2, 0.25) is 0 Å². The summed E-state index contributed by atoms with van der Waals surface area (Å²) in [5, 5.41) is 4.45. The first-order valence-corrected chi connectivity index (χ1v) is 4.93. The molecule has 0 saturated carbocycles. The molecule has 1 unspecified atom stereocenters. The number of carbonyl (C=O) groups excluding carboxylic acids is 3. The van der Waals surface area contributed by atoms with E-state index < -0.39 is 23.9 Å². The predicted molar refractivity (Wildman–Crippen MR) is 55.3 cm³/mol. The number of primary amides is 1. The minimum Gasteiger partial charge on any atom is -0.370 e. The van der Waals surface area contributed by atoms with E-state index in [2.05, 4.69) is 10.6 Å². The largest absolute Gasteiger partial charge is 0.370 e. The Kier molecular flexibility index (Phi) is 6.44. The van der Waals surface area contributed by atoms with Crippen molar-refractivity contribution in [2.24, 2.45) is 5.73 Å². The van der Waals surface area contributed by atoms with Gasteiger partial charge in [-0.1, -0.05) is 0 Å². The molecule has 0 aliphatic rings. The van der Waals surface area contributed by atoms with Crippen LogP contribution in [0, 0.1) is 0 Å². The highest BCUT2D eigenvalue weighted by atomic mass is 35.5. The molecular formula is C8H14ClN3O3. The van der Waals surface area contributed by atoms with Crippen LogP contribution in [-0.4, -0.2) is 29.8 Å². The molecule has 7 heteroatoms. The van der Waals surface area contributed by atoms with E-state index in [9.17, 15) is 14.4 Å². The quantitative estimate of drug-likeness (QED) is 0.571. The molecule has 15 heavy (non-hydrogen) atoms. The number of imide groups is 1. The van der Waals surface area contributed by atoms with Gasteiger partial charge in [0.15, 0.2) is 0 Å². The SMILES string of the molecule is CC(CC(N)=O)NC(=O)NC(=O)CCCl. The number of amides is 4. The van der Waals surface area contributed by atoms with Crippen molar-refractivity contribution in [3.63, 3.8) is 0 Å². The second-order valence-corrected chi connectivity index (χ2v) is 3.41. The van der Waals surface area contributed by atoms with E-state index in [0.29, 0.717) is 0 Å². The Morgan fingerprint density at radius 1 is 1.40 bits per heavy atom. The molecule has 1 atom stereocenters. The number of rotatable bonds is 5. The molecule has 0 radical (unpaired) electrons. The number of nitrogens with two attached hydrogens (primary N) is 1. The molecule has 0 aromatic rings. The third kappa shape index (κ3) is 7.75. The summed E-state index contributed by atoms with van der Waals surface area (Å²) in [6.07, 6.45) is 0.0935. The number of urea groups is 1. The van der Waals surface area contributed by atoms with Crippen LogP contribution in [0.15, 0.2) is 0 Å². The monoisotopic (exact) mass is 235 g/mol. The van der Waals surface area contributed by atoms with Crippen molar-refractivity contribution in [1.82, 2.24) is 10.6 Å². The van der Waals surface area contributed by atoms with Crippen LogP contribution in [0.1, 0.15) is 19.8 Å². The lowest BCUT2D eigenvalue weighted by molar-refractivity contribution is -0.119. The third-order valence-corrected chi connectivity index (χ3v) is 1.65. The average molecular weight is 236 g/mol. The van der Waals surface area contributed by atoms with Crippen molar-refractivity contribution < 1.29 is 14.4 Å². The lowest BCUT2D eigenvalue weighted by atomic mass is 10.2. The molecule has 6 nitrogen and oxygen atoms in total. The summed E-state index contributed by atoms with van der Waals surface area (Å²) in [7, 11) is 0. The van der Waals surface area contributed by atoms with E-state index in [-0.39, 0.29) is 18.7 Å². The maximum Gasteiger partial charge on any atom is 0.321 e. The van der Waals surface area contributed by atoms with Crippen molar-refractivity contribution >= 4 is 29.4 Å². The Hall–Kier alpha value is -1.30. The standard InChI is InChI=1S/C8H14ClN3O3/c1-5(4-6(10)13)11-8(15)12-7(14)2-3-9/h5H,2-4H2,1H3,(H2,10,13)(H2,11,12,14,15). The number of alkyl halides is 1. The molecule has 0 aromatic heterocycles. The van der Waals surface area contributed by atoms with Crippen molar-refractivity contribution in [3.8, 4) is 0 Å². The van der Waals surface area contributed by atoms with Crippen LogP contribution in [0.3, 0.4) is 0 Å². The summed E-state index contributed by atoms with van der Waals surface area (Å²) in [6.45, 7) is 1.61. The fourth-order valence-corrected chi connectivity index (χ4v) is 1.06. The van der Waals surface area contributed by atoms with Gasteiger partial charge >= 0.3 is 6.03 Å². The van der Waals surface area contributed by atoms with Crippen molar-refractivity contribution in [2.75, 3.05) is 5.88 Å². The molecule has 0 heterocycles. The van der Waals surface area contributed by atoms with Crippen LogP contribution in [-0.2, 0) is 9.59 Å². The zero-order valence-electron chi connectivity index (χ0n) is 8.38. The molecule has 4 N–H and O–H groups in total. The normalized spacial score (nSPS) is 11.6. The molecule has 86 valence electrons. The summed E-state index contributed by atoms with van der Waals surface area (Å²) in [4.78, 5) is 32.5. The Morgan fingerprint density at radius 3 is 2.47 bits per heavy atom. The molecule has 0 rings (SSSR count). The van der Waals surface area contributed by atoms with Gasteiger partial charge in [0.2, 0.25) is 11.8 Å². The van der Waals surface area contributed by atoms with Gasteiger partial charge in [-0.3, -0.25) is 14.9 Å². The predicted octanol–water partition coefficient (Wildman–Crippen LogP) is -0.295. The van der Waals surface area contributed by atoms with Crippen molar-refractivity contribution in [1.29, 1.82) is 0 Å². The highest BCUT2D eigenvalue weighted by Gasteiger charge is 2.11. The molecule has 0 saturated heterocycles. The van der Waals surface area contributed by atoms with Crippen molar-refractivity contribution in [2.45, 2.75) is 25.8 Å².